The van der Waals surface area contributed by atoms with Crippen molar-refractivity contribution in [2.45, 2.75) is 48.8 Å². The van der Waals surface area contributed by atoms with Gasteiger partial charge in [0.2, 0.25) is 10.0 Å². The number of rotatable bonds is 7. The van der Waals surface area contributed by atoms with Gasteiger partial charge in [0.1, 0.15) is 5.75 Å². The maximum absolute atomic E-state index is 13.3. The van der Waals surface area contributed by atoms with E-state index in [2.05, 4.69) is 0 Å². The Morgan fingerprint density at radius 1 is 1.03 bits per heavy atom. The third-order valence-corrected chi connectivity index (χ3v) is 8.21. The average molecular weight is 517 g/mol. The Labute approximate surface area is 201 Å². The zero-order chi connectivity index (χ0) is 24.5. The molecule has 0 atom stereocenters. The van der Waals surface area contributed by atoms with E-state index in [0.29, 0.717) is 55.6 Å². The van der Waals surface area contributed by atoms with Gasteiger partial charge in [-0.1, -0.05) is 17.7 Å². The predicted octanol–water partition coefficient (Wildman–Crippen LogP) is 4.58. The Balaban J connectivity index is 1.40. The lowest BCUT2D eigenvalue weighted by molar-refractivity contribution is -0.138. The number of hydrogen-bond donors (Lipinski definition) is 0. The lowest BCUT2D eigenvalue weighted by Gasteiger charge is -2.37. The molecule has 0 bridgehead atoms. The van der Waals surface area contributed by atoms with Gasteiger partial charge in [0.25, 0.3) is 0 Å². The summed E-state index contributed by atoms with van der Waals surface area (Å²) in [5.74, 6) is -0.0483. The second-order valence-corrected chi connectivity index (χ2v) is 10.8. The van der Waals surface area contributed by atoms with E-state index in [1.807, 2.05) is 4.90 Å². The molecule has 2 aliphatic rings. The second kappa shape index (κ2) is 9.85. The van der Waals surface area contributed by atoms with E-state index in [1.54, 1.807) is 24.3 Å². The molecule has 6 nitrogen and oxygen atoms in total. The first-order valence-electron chi connectivity index (χ1n) is 10.9. The number of ether oxygens (including phenoxy) is 1. The van der Waals surface area contributed by atoms with Crippen LogP contribution >= 0.6 is 11.6 Å². The number of carbonyl (C=O) groups excluding carboxylic acids is 1. The van der Waals surface area contributed by atoms with Crippen molar-refractivity contribution in [3.8, 4) is 5.75 Å². The van der Waals surface area contributed by atoms with Crippen LogP contribution < -0.4 is 4.74 Å². The highest BCUT2D eigenvalue weighted by Crippen LogP contribution is 2.38. The summed E-state index contributed by atoms with van der Waals surface area (Å²) < 4.78 is 72.8. The van der Waals surface area contributed by atoms with Crippen molar-refractivity contribution in [3.63, 3.8) is 0 Å². The number of esters is 1. The molecule has 1 heterocycles. The number of likely N-dealkylation sites (tertiary alicyclic amines) is 1. The standard InChI is InChI=1S/C23H24ClF3N2O4S/c24-17-4-8-20(9-5-17)33-22(30)15-28-12-10-19(11-13-28)29(18-6-7-18)34(31,32)21-3-1-2-16(14-21)23(25,26)27/h1-5,8-9,14,18-19H,6-7,10-13,15H2. The Morgan fingerprint density at radius 2 is 1.65 bits per heavy atom. The molecule has 1 saturated heterocycles. The number of carbonyl (C=O) groups is 1. The van der Waals surface area contributed by atoms with Crippen LogP contribution in [0.25, 0.3) is 0 Å². The topological polar surface area (TPSA) is 66.9 Å². The number of sulfonamides is 1. The molecule has 0 amide bonds. The van der Waals surface area contributed by atoms with Crippen LogP contribution in [-0.4, -0.2) is 55.3 Å². The van der Waals surface area contributed by atoms with Crippen LogP contribution in [0.4, 0.5) is 13.2 Å². The Bertz CT molecular complexity index is 1130. The molecule has 184 valence electrons. The van der Waals surface area contributed by atoms with Crippen LogP contribution in [0.15, 0.2) is 53.4 Å². The van der Waals surface area contributed by atoms with E-state index in [-0.39, 0.29) is 23.5 Å². The van der Waals surface area contributed by atoms with E-state index in [9.17, 15) is 26.4 Å². The zero-order valence-corrected chi connectivity index (χ0v) is 19.7. The van der Waals surface area contributed by atoms with Gasteiger partial charge in [0.05, 0.1) is 17.0 Å². The Hall–Kier alpha value is -2.14. The highest BCUT2D eigenvalue weighted by Gasteiger charge is 2.44. The largest absolute Gasteiger partial charge is 0.426 e. The second-order valence-electron chi connectivity index (χ2n) is 8.53. The van der Waals surface area contributed by atoms with Crippen molar-refractivity contribution in [3.05, 3.63) is 59.1 Å². The quantitative estimate of drug-likeness (QED) is 0.398. The molecule has 0 N–H and O–H groups in total. The molecule has 2 aromatic rings. The fourth-order valence-corrected chi connectivity index (χ4v) is 6.26. The van der Waals surface area contributed by atoms with Crippen LogP contribution in [0.2, 0.25) is 5.02 Å². The first kappa shape index (κ1) is 25.0. The molecule has 2 fully saturated rings. The molecule has 11 heteroatoms. The fraction of sp³-hybridized carbons (Fsp3) is 0.435. The summed E-state index contributed by atoms with van der Waals surface area (Å²) >= 11 is 5.82. The molecule has 0 aromatic heterocycles. The molecular formula is C23H24ClF3N2O4S. The summed E-state index contributed by atoms with van der Waals surface area (Å²) in [5.41, 5.74) is -0.988. The molecule has 0 unspecified atom stereocenters. The summed E-state index contributed by atoms with van der Waals surface area (Å²) in [7, 11) is -4.09. The molecule has 34 heavy (non-hydrogen) atoms. The smallest absolute Gasteiger partial charge is 0.416 e. The van der Waals surface area contributed by atoms with Gasteiger partial charge in [-0.2, -0.15) is 17.5 Å². The van der Waals surface area contributed by atoms with Gasteiger partial charge in [-0.25, -0.2) is 8.42 Å². The minimum atomic E-state index is -4.62. The third-order valence-electron chi connectivity index (χ3n) is 5.96. The van der Waals surface area contributed by atoms with E-state index in [0.717, 1.165) is 12.1 Å². The van der Waals surface area contributed by atoms with Gasteiger partial charge in [-0.15, -0.1) is 0 Å². The van der Waals surface area contributed by atoms with Crippen molar-refractivity contribution < 1.29 is 31.1 Å². The molecule has 0 spiro atoms. The van der Waals surface area contributed by atoms with Gasteiger partial charge >= 0.3 is 12.1 Å². The van der Waals surface area contributed by atoms with Crippen LogP contribution in [0.1, 0.15) is 31.2 Å². The summed E-state index contributed by atoms with van der Waals surface area (Å²) in [6.07, 6.45) is -2.30. The molecule has 0 radical (unpaired) electrons. The molecule has 1 aliphatic heterocycles. The van der Waals surface area contributed by atoms with Gasteiger partial charge in [-0.05, 0) is 68.1 Å². The number of benzene rings is 2. The summed E-state index contributed by atoms with van der Waals surface area (Å²) in [6.45, 7) is 1.00. The van der Waals surface area contributed by atoms with Crippen molar-refractivity contribution >= 4 is 27.6 Å². The molecule has 2 aromatic carbocycles. The van der Waals surface area contributed by atoms with E-state index in [4.69, 9.17) is 16.3 Å². The van der Waals surface area contributed by atoms with Crippen LogP contribution in [-0.2, 0) is 21.0 Å². The first-order chi connectivity index (χ1) is 16.0. The maximum Gasteiger partial charge on any atom is 0.416 e. The Morgan fingerprint density at radius 3 is 2.24 bits per heavy atom. The van der Waals surface area contributed by atoms with E-state index >= 15 is 0 Å². The lowest BCUT2D eigenvalue weighted by Crippen LogP contribution is -2.49. The van der Waals surface area contributed by atoms with E-state index < -0.39 is 27.7 Å². The van der Waals surface area contributed by atoms with Crippen molar-refractivity contribution in [1.29, 1.82) is 0 Å². The van der Waals surface area contributed by atoms with Gasteiger partial charge < -0.3 is 4.74 Å². The first-order valence-corrected chi connectivity index (χ1v) is 12.8. The number of nitrogens with zero attached hydrogens (tertiary/aromatic N) is 2. The predicted molar refractivity (Wildman–Crippen MR) is 120 cm³/mol. The van der Waals surface area contributed by atoms with Crippen molar-refractivity contribution in [2.75, 3.05) is 19.6 Å². The van der Waals surface area contributed by atoms with E-state index in [1.165, 1.54) is 10.4 Å². The minimum Gasteiger partial charge on any atom is -0.426 e. The zero-order valence-electron chi connectivity index (χ0n) is 18.2. The third kappa shape index (κ3) is 5.91. The summed E-state index contributed by atoms with van der Waals surface area (Å²) in [5, 5.41) is 0.530. The lowest BCUT2D eigenvalue weighted by atomic mass is 10.0. The molecule has 4 rings (SSSR count). The van der Waals surface area contributed by atoms with Gasteiger partial charge in [-0.3, -0.25) is 9.69 Å². The normalized spacial score (nSPS) is 18.3. The fourth-order valence-electron chi connectivity index (χ4n) is 4.16. The van der Waals surface area contributed by atoms with Crippen LogP contribution in [0.5, 0.6) is 5.75 Å². The monoisotopic (exact) mass is 516 g/mol. The molecular weight excluding hydrogens is 493 g/mol. The number of halogens is 4. The average Bonchev–Trinajstić information content (AvgIpc) is 3.61. The minimum absolute atomic E-state index is 0.0547. The maximum atomic E-state index is 13.3. The van der Waals surface area contributed by atoms with Crippen LogP contribution in [0.3, 0.4) is 0 Å². The Kier molecular flexibility index (Phi) is 7.23. The highest BCUT2D eigenvalue weighted by molar-refractivity contribution is 7.89. The van der Waals surface area contributed by atoms with Crippen molar-refractivity contribution in [1.82, 2.24) is 9.21 Å². The van der Waals surface area contributed by atoms with Crippen molar-refractivity contribution in [2.24, 2.45) is 0 Å². The number of piperidine rings is 1. The number of hydrogen-bond acceptors (Lipinski definition) is 5. The summed E-state index contributed by atoms with van der Waals surface area (Å²) in [6, 6.07) is 9.78. The molecule has 1 aliphatic carbocycles. The number of alkyl halides is 3. The van der Waals surface area contributed by atoms with Gasteiger partial charge in [0.15, 0.2) is 0 Å². The highest BCUT2D eigenvalue weighted by atomic mass is 35.5. The molecule has 1 saturated carbocycles. The SMILES string of the molecule is O=C(CN1CCC(N(C2CC2)S(=O)(=O)c2cccc(C(F)(F)F)c2)CC1)Oc1ccc(Cl)cc1. The van der Waals surface area contributed by atoms with Crippen LogP contribution in [0, 0.1) is 0 Å². The van der Waals surface area contributed by atoms with Gasteiger partial charge in [0, 0.05) is 30.2 Å². The summed E-state index contributed by atoms with van der Waals surface area (Å²) in [4.78, 5) is 13.8.